The second-order valence-corrected chi connectivity index (χ2v) is 5.96. The van der Waals surface area contributed by atoms with Crippen LogP contribution in [0.1, 0.15) is 38.3 Å². The van der Waals surface area contributed by atoms with E-state index in [9.17, 15) is 0 Å². The van der Waals surface area contributed by atoms with Crippen LogP contribution in [0.4, 0.5) is 0 Å². The maximum absolute atomic E-state index is 5.96. The first-order chi connectivity index (χ1) is 9.20. The lowest BCUT2D eigenvalue weighted by Gasteiger charge is -2.33. The summed E-state index contributed by atoms with van der Waals surface area (Å²) in [7, 11) is 0. The third-order valence-corrected chi connectivity index (χ3v) is 4.45. The Labute approximate surface area is 122 Å². The monoisotopic (exact) mass is 280 g/mol. The first kappa shape index (κ1) is 14.8. The average molecular weight is 281 g/mol. The minimum Gasteiger partial charge on any atom is -0.316 e. The lowest BCUT2D eigenvalue weighted by atomic mass is 9.97. The molecule has 2 atom stereocenters. The molecule has 1 aromatic carbocycles. The first-order valence-corrected chi connectivity index (χ1v) is 7.78. The normalized spacial score (nSPS) is 21.6. The van der Waals surface area contributed by atoms with Gasteiger partial charge in [-0.25, -0.2) is 0 Å². The highest BCUT2D eigenvalue weighted by atomic mass is 35.5. The zero-order valence-corrected chi connectivity index (χ0v) is 12.8. The van der Waals surface area contributed by atoms with Crippen LogP contribution < -0.4 is 5.32 Å². The number of hydrogen-bond acceptors (Lipinski definition) is 2. The van der Waals surface area contributed by atoms with Crippen molar-refractivity contribution in [3.63, 3.8) is 0 Å². The Bertz CT molecular complexity index is 371. The quantitative estimate of drug-likeness (QED) is 0.884. The second kappa shape index (κ2) is 7.28. The minimum absolute atomic E-state index is 0.462. The van der Waals surface area contributed by atoms with E-state index in [1.165, 1.54) is 38.0 Å². The van der Waals surface area contributed by atoms with Gasteiger partial charge in [-0.05, 0) is 63.0 Å². The molecule has 1 N–H and O–H groups in total. The standard InChI is InChI=1S/C16H25ClN2/c1-3-19(12-14-5-4-10-18-11-14)13(2)15-6-8-16(17)9-7-15/h6-9,13-14,18H,3-5,10-12H2,1-2H3. The molecule has 106 valence electrons. The molecule has 19 heavy (non-hydrogen) atoms. The van der Waals surface area contributed by atoms with Crippen LogP contribution in [0.2, 0.25) is 5.02 Å². The van der Waals surface area contributed by atoms with Gasteiger partial charge in [-0.15, -0.1) is 0 Å². The highest BCUT2D eigenvalue weighted by Gasteiger charge is 2.20. The van der Waals surface area contributed by atoms with E-state index < -0.39 is 0 Å². The average Bonchev–Trinajstić information content (AvgIpc) is 2.46. The number of nitrogens with one attached hydrogen (secondary N) is 1. The molecule has 0 aromatic heterocycles. The van der Waals surface area contributed by atoms with E-state index in [0.29, 0.717) is 6.04 Å². The Hall–Kier alpha value is -0.570. The molecule has 1 fully saturated rings. The van der Waals surface area contributed by atoms with Crippen molar-refractivity contribution in [3.8, 4) is 0 Å². The summed E-state index contributed by atoms with van der Waals surface area (Å²) in [5.74, 6) is 0.795. The van der Waals surface area contributed by atoms with Crippen LogP contribution in [0.25, 0.3) is 0 Å². The predicted molar refractivity (Wildman–Crippen MR) is 82.7 cm³/mol. The number of halogens is 1. The third-order valence-electron chi connectivity index (χ3n) is 4.20. The third kappa shape index (κ3) is 4.20. The summed E-state index contributed by atoms with van der Waals surface area (Å²) in [6, 6.07) is 8.74. The molecule has 0 spiro atoms. The molecular weight excluding hydrogens is 256 g/mol. The van der Waals surface area contributed by atoms with Crippen molar-refractivity contribution in [2.24, 2.45) is 5.92 Å². The van der Waals surface area contributed by atoms with Crippen LogP contribution >= 0.6 is 11.6 Å². The van der Waals surface area contributed by atoms with E-state index in [0.717, 1.165) is 17.5 Å². The van der Waals surface area contributed by atoms with Gasteiger partial charge in [0.15, 0.2) is 0 Å². The highest BCUT2D eigenvalue weighted by Crippen LogP contribution is 2.24. The Morgan fingerprint density at radius 3 is 2.68 bits per heavy atom. The van der Waals surface area contributed by atoms with Crippen LogP contribution in [-0.2, 0) is 0 Å². The molecule has 0 amide bonds. The van der Waals surface area contributed by atoms with Gasteiger partial charge in [0, 0.05) is 17.6 Å². The fourth-order valence-electron chi connectivity index (χ4n) is 2.92. The van der Waals surface area contributed by atoms with Gasteiger partial charge in [0.2, 0.25) is 0 Å². The van der Waals surface area contributed by atoms with Crippen LogP contribution in [-0.4, -0.2) is 31.1 Å². The van der Waals surface area contributed by atoms with E-state index in [4.69, 9.17) is 11.6 Å². The fraction of sp³-hybridized carbons (Fsp3) is 0.625. The second-order valence-electron chi connectivity index (χ2n) is 5.53. The molecule has 0 aliphatic carbocycles. The molecule has 2 nitrogen and oxygen atoms in total. The zero-order valence-electron chi connectivity index (χ0n) is 12.0. The molecule has 3 heteroatoms. The van der Waals surface area contributed by atoms with Crippen LogP contribution in [0.15, 0.2) is 24.3 Å². The molecule has 2 rings (SSSR count). The van der Waals surface area contributed by atoms with Gasteiger partial charge >= 0.3 is 0 Å². The van der Waals surface area contributed by atoms with Gasteiger partial charge < -0.3 is 5.32 Å². The molecule has 0 bridgehead atoms. The van der Waals surface area contributed by atoms with Crippen molar-refractivity contribution in [2.45, 2.75) is 32.7 Å². The van der Waals surface area contributed by atoms with Gasteiger partial charge in [0.1, 0.15) is 0 Å². The molecule has 1 heterocycles. The molecule has 0 saturated carbocycles. The number of piperidine rings is 1. The van der Waals surface area contributed by atoms with Gasteiger partial charge in [-0.1, -0.05) is 30.7 Å². The largest absolute Gasteiger partial charge is 0.316 e. The van der Waals surface area contributed by atoms with Crippen molar-refractivity contribution in [2.75, 3.05) is 26.2 Å². The predicted octanol–water partition coefficient (Wildman–Crippen LogP) is 3.72. The van der Waals surface area contributed by atoms with E-state index >= 15 is 0 Å². The van der Waals surface area contributed by atoms with Crippen LogP contribution in [0.3, 0.4) is 0 Å². The van der Waals surface area contributed by atoms with Gasteiger partial charge in [-0.3, -0.25) is 4.90 Å². The van der Waals surface area contributed by atoms with Crippen molar-refractivity contribution >= 4 is 11.6 Å². The van der Waals surface area contributed by atoms with E-state index in [1.54, 1.807) is 0 Å². The van der Waals surface area contributed by atoms with E-state index in [-0.39, 0.29) is 0 Å². The van der Waals surface area contributed by atoms with Crippen LogP contribution in [0, 0.1) is 5.92 Å². The van der Waals surface area contributed by atoms with Gasteiger partial charge in [0.25, 0.3) is 0 Å². The Kier molecular flexibility index (Phi) is 5.68. The summed E-state index contributed by atoms with van der Waals surface area (Å²) in [6.07, 6.45) is 2.67. The van der Waals surface area contributed by atoms with Crippen molar-refractivity contribution in [3.05, 3.63) is 34.9 Å². The number of hydrogen-bond donors (Lipinski definition) is 1. The van der Waals surface area contributed by atoms with E-state index in [2.05, 4.69) is 36.2 Å². The van der Waals surface area contributed by atoms with E-state index in [1.807, 2.05) is 12.1 Å². The molecule has 1 aliphatic heterocycles. The Balaban J connectivity index is 1.97. The lowest BCUT2D eigenvalue weighted by Crippen LogP contribution is -2.39. The number of rotatable bonds is 5. The summed E-state index contributed by atoms with van der Waals surface area (Å²) in [6.45, 7) is 9.19. The number of benzene rings is 1. The molecule has 2 unspecified atom stereocenters. The first-order valence-electron chi connectivity index (χ1n) is 7.41. The zero-order chi connectivity index (χ0) is 13.7. The summed E-state index contributed by atoms with van der Waals surface area (Å²) in [5, 5.41) is 4.32. The van der Waals surface area contributed by atoms with Gasteiger partial charge in [0.05, 0.1) is 0 Å². The van der Waals surface area contributed by atoms with Crippen molar-refractivity contribution < 1.29 is 0 Å². The maximum atomic E-state index is 5.96. The molecule has 1 aromatic rings. The summed E-state index contributed by atoms with van der Waals surface area (Å²) in [4.78, 5) is 2.57. The van der Waals surface area contributed by atoms with Crippen molar-refractivity contribution in [1.82, 2.24) is 10.2 Å². The maximum Gasteiger partial charge on any atom is 0.0406 e. The lowest BCUT2D eigenvalue weighted by molar-refractivity contribution is 0.171. The topological polar surface area (TPSA) is 15.3 Å². The molecule has 0 radical (unpaired) electrons. The molecular formula is C16H25ClN2. The molecule has 1 saturated heterocycles. The van der Waals surface area contributed by atoms with Crippen molar-refractivity contribution in [1.29, 1.82) is 0 Å². The summed E-state index contributed by atoms with van der Waals surface area (Å²) >= 11 is 5.96. The summed E-state index contributed by atoms with van der Waals surface area (Å²) < 4.78 is 0. The number of nitrogens with zero attached hydrogens (tertiary/aromatic N) is 1. The highest BCUT2D eigenvalue weighted by molar-refractivity contribution is 6.30. The SMILES string of the molecule is CCN(CC1CCCNC1)C(C)c1ccc(Cl)cc1. The Morgan fingerprint density at radius 2 is 2.11 bits per heavy atom. The summed E-state index contributed by atoms with van der Waals surface area (Å²) in [5.41, 5.74) is 1.36. The smallest absolute Gasteiger partial charge is 0.0406 e. The minimum atomic E-state index is 0.462. The fourth-order valence-corrected chi connectivity index (χ4v) is 3.05. The van der Waals surface area contributed by atoms with Gasteiger partial charge in [-0.2, -0.15) is 0 Å². The van der Waals surface area contributed by atoms with Crippen LogP contribution in [0.5, 0.6) is 0 Å². The molecule has 1 aliphatic rings. The Morgan fingerprint density at radius 1 is 1.37 bits per heavy atom.